The van der Waals surface area contributed by atoms with E-state index in [0.717, 1.165) is 41.7 Å². The second-order valence-corrected chi connectivity index (χ2v) is 10.4. The van der Waals surface area contributed by atoms with Crippen LogP contribution < -0.4 is 4.74 Å². The fourth-order valence-corrected chi connectivity index (χ4v) is 4.96. The second-order valence-electron chi connectivity index (χ2n) is 8.90. The van der Waals surface area contributed by atoms with Crippen molar-refractivity contribution in [3.05, 3.63) is 39.3 Å². The van der Waals surface area contributed by atoms with Crippen LogP contribution in [0, 0.1) is 11.8 Å². The van der Waals surface area contributed by atoms with Gasteiger partial charge >= 0.3 is 6.09 Å². The number of fused-ring (bicyclic) bond motifs is 1. The predicted molar refractivity (Wildman–Crippen MR) is 112 cm³/mol. The standard InChI is InChI=1S/C21H26ClN3O3S/c1-21(2,3)19-24-23-18(29-19)12-27-20(26)25-10-13-8-17(9-14(13)11-25)28-16-6-4-15(22)5-7-16/h4-7,13-14,17H,8-12H2,1-3H3/t13-,14+,17?. The van der Waals surface area contributed by atoms with Gasteiger partial charge in [-0.25, -0.2) is 4.79 Å². The zero-order valence-corrected chi connectivity index (χ0v) is 18.5. The summed E-state index contributed by atoms with van der Waals surface area (Å²) < 4.78 is 11.6. The topological polar surface area (TPSA) is 64.6 Å². The second kappa shape index (κ2) is 8.11. The molecule has 1 unspecified atom stereocenters. The molecule has 2 aliphatic rings. The van der Waals surface area contributed by atoms with E-state index in [0.29, 0.717) is 16.9 Å². The van der Waals surface area contributed by atoms with E-state index in [1.54, 1.807) is 0 Å². The molecule has 1 aromatic heterocycles. The average Bonchev–Trinajstić information content (AvgIpc) is 3.35. The molecule has 0 bridgehead atoms. The van der Waals surface area contributed by atoms with E-state index in [-0.39, 0.29) is 24.2 Å². The zero-order valence-electron chi connectivity index (χ0n) is 16.9. The van der Waals surface area contributed by atoms with Gasteiger partial charge in [0.1, 0.15) is 17.4 Å². The molecule has 2 heterocycles. The molecule has 2 fully saturated rings. The van der Waals surface area contributed by atoms with Crippen LogP contribution in [0.4, 0.5) is 4.79 Å². The van der Waals surface area contributed by atoms with Crippen LogP contribution in [0.25, 0.3) is 0 Å². The van der Waals surface area contributed by atoms with Gasteiger partial charge in [-0.15, -0.1) is 10.2 Å². The van der Waals surface area contributed by atoms with E-state index in [9.17, 15) is 4.79 Å². The van der Waals surface area contributed by atoms with Crippen molar-refractivity contribution in [2.75, 3.05) is 13.1 Å². The Hall–Kier alpha value is -1.86. The highest BCUT2D eigenvalue weighted by molar-refractivity contribution is 7.11. The van der Waals surface area contributed by atoms with Crippen LogP contribution in [0.15, 0.2) is 24.3 Å². The largest absolute Gasteiger partial charge is 0.490 e. The van der Waals surface area contributed by atoms with Crippen molar-refractivity contribution in [1.29, 1.82) is 0 Å². The molecule has 29 heavy (non-hydrogen) atoms. The Balaban J connectivity index is 1.24. The number of amides is 1. The molecule has 156 valence electrons. The first-order valence-corrected chi connectivity index (χ1v) is 11.1. The van der Waals surface area contributed by atoms with Crippen molar-refractivity contribution in [3.8, 4) is 5.75 Å². The highest BCUT2D eigenvalue weighted by atomic mass is 35.5. The van der Waals surface area contributed by atoms with Gasteiger partial charge < -0.3 is 14.4 Å². The highest BCUT2D eigenvalue weighted by Gasteiger charge is 2.43. The Morgan fingerprint density at radius 2 is 1.83 bits per heavy atom. The number of halogens is 1. The summed E-state index contributed by atoms with van der Waals surface area (Å²) in [6, 6.07) is 7.48. The maximum atomic E-state index is 12.5. The van der Waals surface area contributed by atoms with Crippen molar-refractivity contribution < 1.29 is 14.3 Å². The van der Waals surface area contributed by atoms with Gasteiger partial charge in [-0.3, -0.25) is 0 Å². The molecule has 1 saturated heterocycles. The van der Waals surface area contributed by atoms with Gasteiger partial charge in [-0.2, -0.15) is 0 Å². The molecule has 2 aromatic rings. The molecular weight excluding hydrogens is 410 g/mol. The molecule has 1 amide bonds. The third kappa shape index (κ3) is 4.83. The Bertz CT molecular complexity index is 851. The average molecular weight is 436 g/mol. The van der Waals surface area contributed by atoms with Crippen LogP contribution in [0.2, 0.25) is 5.02 Å². The van der Waals surface area contributed by atoms with Crippen LogP contribution in [0.5, 0.6) is 5.75 Å². The summed E-state index contributed by atoms with van der Waals surface area (Å²) in [7, 11) is 0. The Morgan fingerprint density at radius 1 is 1.17 bits per heavy atom. The van der Waals surface area contributed by atoms with Gasteiger partial charge in [0.05, 0.1) is 6.10 Å². The number of rotatable bonds is 4. The Labute approximate surface area is 180 Å². The van der Waals surface area contributed by atoms with Crippen LogP contribution in [-0.4, -0.2) is 40.4 Å². The van der Waals surface area contributed by atoms with Gasteiger partial charge in [-0.1, -0.05) is 43.7 Å². The van der Waals surface area contributed by atoms with E-state index in [4.69, 9.17) is 21.1 Å². The van der Waals surface area contributed by atoms with Crippen LogP contribution in [0.1, 0.15) is 43.6 Å². The van der Waals surface area contributed by atoms with Crippen LogP contribution >= 0.6 is 22.9 Å². The quantitative estimate of drug-likeness (QED) is 0.682. The van der Waals surface area contributed by atoms with E-state index in [2.05, 4.69) is 31.0 Å². The molecule has 0 spiro atoms. The summed E-state index contributed by atoms with van der Waals surface area (Å²) in [5, 5.41) is 10.7. The highest BCUT2D eigenvalue weighted by Crippen LogP contribution is 2.40. The number of benzene rings is 1. The summed E-state index contributed by atoms with van der Waals surface area (Å²) in [6.07, 6.45) is 1.86. The maximum Gasteiger partial charge on any atom is 0.410 e. The Morgan fingerprint density at radius 3 is 2.41 bits per heavy atom. The SMILES string of the molecule is CC(C)(C)c1nnc(COC(=O)N2C[C@H]3CC(Oc4ccc(Cl)cc4)C[C@H]3C2)s1. The van der Waals surface area contributed by atoms with Gasteiger partial charge in [0.2, 0.25) is 0 Å². The lowest BCUT2D eigenvalue weighted by Crippen LogP contribution is -2.31. The van der Waals surface area contributed by atoms with Crippen LogP contribution in [0.3, 0.4) is 0 Å². The summed E-state index contributed by atoms with van der Waals surface area (Å²) >= 11 is 7.43. The van der Waals surface area contributed by atoms with Gasteiger partial charge in [0.25, 0.3) is 0 Å². The minimum atomic E-state index is -0.262. The molecular formula is C21H26ClN3O3S. The molecule has 6 nitrogen and oxygen atoms in total. The lowest BCUT2D eigenvalue weighted by atomic mass is 9.98. The predicted octanol–water partition coefficient (Wildman–Crippen LogP) is 4.92. The lowest BCUT2D eigenvalue weighted by Gasteiger charge is -2.19. The number of carbonyl (C=O) groups excluding carboxylic acids is 1. The third-order valence-corrected chi connectivity index (χ3v) is 7.08. The monoisotopic (exact) mass is 435 g/mol. The first kappa shape index (κ1) is 20.4. The number of nitrogens with zero attached hydrogens (tertiary/aromatic N) is 3. The maximum absolute atomic E-state index is 12.5. The van der Waals surface area contributed by atoms with Gasteiger partial charge in [0, 0.05) is 23.5 Å². The summed E-state index contributed by atoms with van der Waals surface area (Å²) in [5.41, 5.74) is -0.0447. The van der Waals surface area contributed by atoms with E-state index >= 15 is 0 Å². The first-order chi connectivity index (χ1) is 13.8. The minimum Gasteiger partial charge on any atom is -0.490 e. The minimum absolute atomic E-state index is 0.0447. The molecule has 1 aliphatic heterocycles. The zero-order chi connectivity index (χ0) is 20.6. The normalized spacial score (nSPS) is 23.9. The molecule has 0 radical (unpaired) electrons. The van der Waals surface area contributed by atoms with Crippen molar-refractivity contribution in [3.63, 3.8) is 0 Å². The lowest BCUT2D eigenvalue weighted by molar-refractivity contribution is 0.0983. The van der Waals surface area contributed by atoms with Crippen molar-refractivity contribution in [2.24, 2.45) is 11.8 Å². The van der Waals surface area contributed by atoms with E-state index < -0.39 is 0 Å². The molecule has 3 atom stereocenters. The number of aromatic nitrogens is 2. The summed E-state index contributed by atoms with van der Waals surface area (Å²) in [5.74, 6) is 1.78. The fraction of sp³-hybridized carbons (Fsp3) is 0.571. The summed E-state index contributed by atoms with van der Waals surface area (Å²) in [4.78, 5) is 14.3. The number of ether oxygens (including phenoxy) is 2. The van der Waals surface area contributed by atoms with Gasteiger partial charge in [0.15, 0.2) is 5.01 Å². The smallest absolute Gasteiger partial charge is 0.410 e. The fourth-order valence-electron chi connectivity index (χ4n) is 4.03. The number of hydrogen-bond acceptors (Lipinski definition) is 6. The van der Waals surface area contributed by atoms with E-state index in [1.807, 2.05) is 29.2 Å². The van der Waals surface area contributed by atoms with E-state index in [1.165, 1.54) is 11.3 Å². The number of likely N-dealkylation sites (tertiary alicyclic amines) is 1. The first-order valence-electron chi connectivity index (χ1n) is 9.94. The van der Waals surface area contributed by atoms with Crippen molar-refractivity contribution >= 4 is 29.0 Å². The van der Waals surface area contributed by atoms with Crippen molar-refractivity contribution in [1.82, 2.24) is 15.1 Å². The molecule has 8 heteroatoms. The molecule has 1 aliphatic carbocycles. The van der Waals surface area contributed by atoms with Crippen LogP contribution in [-0.2, 0) is 16.8 Å². The molecule has 4 rings (SSSR count). The Kier molecular flexibility index (Phi) is 5.71. The summed E-state index contributed by atoms with van der Waals surface area (Å²) in [6.45, 7) is 7.92. The number of hydrogen-bond donors (Lipinski definition) is 0. The number of carbonyl (C=O) groups is 1. The van der Waals surface area contributed by atoms with Gasteiger partial charge in [-0.05, 0) is 48.9 Å². The third-order valence-electron chi connectivity index (χ3n) is 5.51. The molecule has 1 saturated carbocycles. The van der Waals surface area contributed by atoms with Crippen molar-refractivity contribution in [2.45, 2.75) is 51.7 Å². The molecule has 1 aromatic carbocycles. The molecule has 0 N–H and O–H groups in total.